The highest BCUT2D eigenvalue weighted by Gasteiger charge is 2.39. The lowest BCUT2D eigenvalue weighted by Crippen LogP contribution is -2.55. The van der Waals surface area contributed by atoms with Crippen LogP contribution in [0.2, 0.25) is 5.02 Å². The van der Waals surface area contributed by atoms with Crippen LogP contribution >= 0.6 is 11.6 Å². The second kappa shape index (κ2) is 13.5. The Labute approximate surface area is 235 Å². The van der Waals surface area contributed by atoms with Gasteiger partial charge in [-0.15, -0.1) is 0 Å². The smallest absolute Gasteiger partial charge is 0.408 e. The lowest BCUT2D eigenvalue weighted by atomic mass is 9.95. The fourth-order valence-electron chi connectivity index (χ4n) is 4.12. The molecule has 9 nitrogen and oxygen atoms in total. The number of aryl methyl sites for hydroxylation is 2. The number of amides is 4. The summed E-state index contributed by atoms with van der Waals surface area (Å²) in [6, 6.07) is 9.56. The number of nitrogens with one attached hydrogen (secondary N) is 2. The van der Waals surface area contributed by atoms with Gasteiger partial charge in [-0.05, 0) is 70.7 Å². The number of para-hydroxylation sites is 1. The van der Waals surface area contributed by atoms with Crippen molar-refractivity contribution in [3.63, 3.8) is 0 Å². The molecule has 3 atom stereocenters. The number of rotatable bonds is 10. The van der Waals surface area contributed by atoms with Crippen molar-refractivity contribution in [1.82, 2.24) is 10.2 Å². The molecule has 0 aromatic heterocycles. The van der Waals surface area contributed by atoms with E-state index in [1.807, 2.05) is 39.0 Å². The molecule has 0 fully saturated rings. The lowest BCUT2D eigenvalue weighted by molar-refractivity contribution is -0.144. The van der Waals surface area contributed by atoms with Gasteiger partial charge in [-0.3, -0.25) is 14.4 Å². The maximum atomic E-state index is 14.1. The van der Waals surface area contributed by atoms with E-state index in [0.717, 1.165) is 11.1 Å². The van der Waals surface area contributed by atoms with Crippen LogP contribution in [0.1, 0.15) is 70.2 Å². The quantitative estimate of drug-likeness (QED) is 0.376. The lowest BCUT2D eigenvalue weighted by Gasteiger charge is -2.38. The third-order valence-electron chi connectivity index (χ3n) is 6.19. The largest absolute Gasteiger partial charge is 0.444 e. The zero-order valence-corrected chi connectivity index (χ0v) is 24.4. The van der Waals surface area contributed by atoms with Crippen LogP contribution in [0.5, 0.6) is 0 Å². The molecule has 0 saturated heterocycles. The fourth-order valence-corrected chi connectivity index (χ4v) is 4.39. The van der Waals surface area contributed by atoms with E-state index in [0.29, 0.717) is 22.7 Å². The van der Waals surface area contributed by atoms with Gasteiger partial charge in [-0.25, -0.2) is 4.79 Å². The minimum absolute atomic E-state index is 0.353. The molecule has 2 aromatic rings. The van der Waals surface area contributed by atoms with Crippen molar-refractivity contribution >= 4 is 41.1 Å². The van der Waals surface area contributed by atoms with Crippen molar-refractivity contribution in [3.8, 4) is 0 Å². The van der Waals surface area contributed by atoms with E-state index >= 15 is 0 Å². The highest BCUT2D eigenvalue weighted by atomic mass is 35.5. The number of ether oxygens (including phenoxy) is 1. The molecular formula is C29H39ClN4O5. The van der Waals surface area contributed by atoms with Crippen LogP contribution in [0.15, 0.2) is 42.5 Å². The number of hydrogen-bond acceptors (Lipinski definition) is 5. The minimum Gasteiger partial charge on any atom is -0.444 e. The molecule has 0 heterocycles. The van der Waals surface area contributed by atoms with E-state index < -0.39 is 54.0 Å². The zero-order chi connectivity index (χ0) is 29.5. The van der Waals surface area contributed by atoms with Gasteiger partial charge in [0.25, 0.3) is 5.91 Å². The monoisotopic (exact) mass is 558 g/mol. The Morgan fingerprint density at radius 1 is 1.03 bits per heavy atom. The zero-order valence-electron chi connectivity index (χ0n) is 23.6. The van der Waals surface area contributed by atoms with Gasteiger partial charge in [0.15, 0.2) is 0 Å². The van der Waals surface area contributed by atoms with Gasteiger partial charge in [0, 0.05) is 6.04 Å². The average molecular weight is 559 g/mol. The predicted octanol–water partition coefficient (Wildman–Crippen LogP) is 5.03. The molecule has 4 N–H and O–H groups in total. The first-order valence-corrected chi connectivity index (χ1v) is 13.3. The van der Waals surface area contributed by atoms with Crippen LogP contribution in [0.25, 0.3) is 0 Å². The number of halogens is 1. The highest BCUT2D eigenvalue weighted by molar-refractivity contribution is 6.34. The van der Waals surface area contributed by atoms with Gasteiger partial charge >= 0.3 is 6.09 Å². The molecule has 0 aliphatic heterocycles. The summed E-state index contributed by atoms with van der Waals surface area (Å²) in [5.41, 5.74) is 7.16. The molecule has 0 aliphatic rings. The Bertz CT molecular complexity index is 1190. The van der Waals surface area contributed by atoms with Crippen molar-refractivity contribution in [2.45, 2.75) is 85.0 Å². The molecular weight excluding hydrogens is 520 g/mol. The molecule has 2 rings (SSSR count). The molecule has 0 bridgehead atoms. The second-order valence-corrected chi connectivity index (χ2v) is 11.0. The molecule has 0 saturated carbocycles. The summed E-state index contributed by atoms with van der Waals surface area (Å²) in [5.74, 6) is -1.94. The maximum absolute atomic E-state index is 14.1. The average Bonchev–Trinajstić information content (AvgIpc) is 2.82. The van der Waals surface area contributed by atoms with Crippen LogP contribution in [-0.2, 0) is 19.1 Å². The van der Waals surface area contributed by atoms with E-state index in [2.05, 4.69) is 10.6 Å². The van der Waals surface area contributed by atoms with Gasteiger partial charge in [0.1, 0.15) is 17.7 Å². The molecule has 0 radical (unpaired) electrons. The predicted molar refractivity (Wildman–Crippen MR) is 152 cm³/mol. The first-order chi connectivity index (χ1) is 18.2. The minimum atomic E-state index is -1.35. The van der Waals surface area contributed by atoms with Crippen LogP contribution in [0.3, 0.4) is 0 Å². The maximum Gasteiger partial charge on any atom is 0.408 e. The van der Waals surface area contributed by atoms with E-state index in [1.54, 1.807) is 52.0 Å². The summed E-state index contributed by atoms with van der Waals surface area (Å²) in [6.07, 6.45) is -0.867. The summed E-state index contributed by atoms with van der Waals surface area (Å²) in [7, 11) is 0. The standard InChI is InChI=1S/C29H39ClN4O5/c1-8-19(4)34(27(37)22(16-23(31)35)32-28(38)39-29(5,6)7)25(20-14-10-9-12-17(20)2)26(36)33-24-18(3)13-11-15-21(24)30/h9-15,19,22,25H,8,16H2,1-7H3,(H2,31,35)(H,32,38)(H,33,36). The van der Waals surface area contributed by atoms with Crippen molar-refractivity contribution in [3.05, 3.63) is 64.2 Å². The Hall–Kier alpha value is -3.59. The number of alkyl carbamates (subject to hydrolysis) is 1. The van der Waals surface area contributed by atoms with Crippen LogP contribution in [0, 0.1) is 13.8 Å². The van der Waals surface area contributed by atoms with Crippen molar-refractivity contribution in [2.24, 2.45) is 5.73 Å². The van der Waals surface area contributed by atoms with Crippen LogP contribution < -0.4 is 16.4 Å². The fraction of sp³-hybridized carbons (Fsp3) is 0.448. The van der Waals surface area contributed by atoms with Crippen molar-refractivity contribution < 1.29 is 23.9 Å². The molecule has 2 aromatic carbocycles. The SMILES string of the molecule is CCC(C)N(C(=O)C(CC(N)=O)NC(=O)OC(C)(C)C)C(C(=O)Nc1c(C)cccc1Cl)c1ccccc1C. The third-order valence-corrected chi connectivity index (χ3v) is 6.51. The van der Waals surface area contributed by atoms with Gasteiger partial charge in [0.2, 0.25) is 11.8 Å². The Kier molecular flexibility index (Phi) is 10.9. The Balaban J connectivity index is 2.63. The van der Waals surface area contributed by atoms with Gasteiger partial charge in [0.05, 0.1) is 17.1 Å². The van der Waals surface area contributed by atoms with Crippen molar-refractivity contribution in [2.75, 3.05) is 5.32 Å². The van der Waals surface area contributed by atoms with E-state index in [1.165, 1.54) is 4.90 Å². The van der Waals surface area contributed by atoms with Gasteiger partial charge in [-0.2, -0.15) is 0 Å². The van der Waals surface area contributed by atoms with E-state index in [4.69, 9.17) is 22.1 Å². The topological polar surface area (TPSA) is 131 Å². The number of nitrogens with zero attached hydrogens (tertiary/aromatic N) is 1. The summed E-state index contributed by atoms with van der Waals surface area (Å²) < 4.78 is 5.32. The number of benzene rings is 2. The van der Waals surface area contributed by atoms with Gasteiger partial charge in [-0.1, -0.05) is 54.9 Å². The Morgan fingerprint density at radius 3 is 2.18 bits per heavy atom. The normalized spacial score (nSPS) is 13.5. The number of anilines is 1. The van der Waals surface area contributed by atoms with Crippen molar-refractivity contribution in [1.29, 1.82) is 0 Å². The molecule has 39 heavy (non-hydrogen) atoms. The number of hydrogen-bond donors (Lipinski definition) is 3. The molecule has 4 amide bonds. The summed E-state index contributed by atoms with van der Waals surface area (Å²) in [4.78, 5) is 54.1. The summed E-state index contributed by atoms with van der Waals surface area (Å²) in [6.45, 7) is 12.4. The van der Waals surface area contributed by atoms with E-state index in [9.17, 15) is 19.2 Å². The van der Waals surface area contributed by atoms with E-state index in [-0.39, 0.29) is 0 Å². The van der Waals surface area contributed by atoms with Crippen LogP contribution in [0.4, 0.5) is 10.5 Å². The van der Waals surface area contributed by atoms with Crippen LogP contribution in [-0.4, -0.2) is 46.4 Å². The third kappa shape index (κ3) is 8.71. The molecule has 3 unspecified atom stereocenters. The summed E-state index contributed by atoms with van der Waals surface area (Å²) >= 11 is 6.40. The molecule has 212 valence electrons. The molecule has 0 spiro atoms. The molecule has 10 heteroatoms. The number of carbonyl (C=O) groups excluding carboxylic acids is 4. The van der Waals surface area contributed by atoms with Gasteiger partial charge < -0.3 is 26.0 Å². The summed E-state index contributed by atoms with van der Waals surface area (Å²) in [5, 5.41) is 5.74. The second-order valence-electron chi connectivity index (χ2n) is 10.6. The number of carbonyl (C=O) groups is 4. The highest BCUT2D eigenvalue weighted by Crippen LogP contribution is 2.32. The first-order valence-electron chi connectivity index (χ1n) is 12.9. The molecule has 0 aliphatic carbocycles. The first kappa shape index (κ1) is 31.6. The number of nitrogens with two attached hydrogens (primary N) is 1. The Morgan fingerprint density at radius 2 is 1.64 bits per heavy atom. The number of primary amides is 1.